The Bertz CT molecular complexity index is 983. The van der Waals surface area contributed by atoms with Crippen molar-refractivity contribution in [3.05, 3.63) is 59.7 Å². The van der Waals surface area contributed by atoms with Gasteiger partial charge in [0.1, 0.15) is 17.3 Å². The number of ether oxygens (including phenoxy) is 2. The van der Waals surface area contributed by atoms with Gasteiger partial charge in [-0.2, -0.15) is 4.98 Å². The van der Waals surface area contributed by atoms with E-state index in [1.165, 1.54) is 6.07 Å². The van der Waals surface area contributed by atoms with Crippen molar-refractivity contribution in [1.29, 1.82) is 0 Å². The summed E-state index contributed by atoms with van der Waals surface area (Å²) in [5, 5.41) is 4.13. The highest BCUT2D eigenvalue weighted by Gasteiger charge is 2.22. The highest BCUT2D eigenvalue weighted by atomic mass is 19.1. The Balaban J connectivity index is 1.34. The lowest BCUT2D eigenvalue weighted by Gasteiger charge is -2.31. The van der Waals surface area contributed by atoms with Crippen molar-refractivity contribution in [1.82, 2.24) is 15.0 Å². The van der Waals surface area contributed by atoms with E-state index in [9.17, 15) is 4.39 Å². The smallest absolute Gasteiger partial charge is 0.241 e. The molecule has 158 valence electrons. The number of benzene rings is 2. The summed E-state index contributed by atoms with van der Waals surface area (Å²) < 4.78 is 29.5. The molecule has 0 atom stereocenters. The molecule has 0 aliphatic carbocycles. The first-order valence-corrected chi connectivity index (χ1v) is 10.2. The number of hydrogen-bond acceptors (Lipinski definition) is 6. The van der Waals surface area contributed by atoms with Gasteiger partial charge in [0.25, 0.3) is 0 Å². The minimum Gasteiger partial charge on any atom is -0.497 e. The van der Waals surface area contributed by atoms with Crippen LogP contribution in [0.3, 0.4) is 0 Å². The van der Waals surface area contributed by atoms with E-state index in [0.717, 1.165) is 43.5 Å². The SMILES string of the molecule is COc1ccc(-c2noc(CN3CCC(Cc4cccc(F)c4)CC3)n2)c(OC)c1. The first-order valence-electron chi connectivity index (χ1n) is 10.2. The Kier molecular flexibility index (Phi) is 6.28. The summed E-state index contributed by atoms with van der Waals surface area (Å²) in [6, 6.07) is 12.4. The molecule has 3 aromatic rings. The Labute approximate surface area is 175 Å². The van der Waals surface area contributed by atoms with Crippen LogP contribution >= 0.6 is 0 Å². The number of halogens is 1. The van der Waals surface area contributed by atoms with Gasteiger partial charge >= 0.3 is 0 Å². The normalized spacial score (nSPS) is 15.3. The van der Waals surface area contributed by atoms with Crippen LogP contribution in [-0.4, -0.2) is 42.3 Å². The van der Waals surface area contributed by atoms with E-state index < -0.39 is 0 Å². The molecule has 1 fully saturated rings. The first-order chi connectivity index (χ1) is 14.6. The zero-order valence-corrected chi connectivity index (χ0v) is 17.3. The van der Waals surface area contributed by atoms with Gasteiger partial charge in [0.15, 0.2) is 0 Å². The zero-order valence-electron chi connectivity index (χ0n) is 17.3. The predicted molar refractivity (Wildman–Crippen MR) is 111 cm³/mol. The maximum atomic E-state index is 13.4. The van der Waals surface area contributed by atoms with E-state index in [1.807, 2.05) is 18.2 Å². The number of hydrogen-bond donors (Lipinski definition) is 0. The van der Waals surface area contributed by atoms with E-state index in [2.05, 4.69) is 15.0 Å². The third-order valence-corrected chi connectivity index (χ3v) is 5.60. The van der Waals surface area contributed by atoms with Crippen molar-refractivity contribution in [3.8, 4) is 22.9 Å². The lowest BCUT2D eigenvalue weighted by molar-refractivity contribution is 0.159. The van der Waals surface area contributed by atoms with Crippen LogP contribution in [0.5, 0.6) is 11.5 Å². The fourth-order valence-electron chi connectivity index (χ4n) is 3.95. The molecule has 0 saturated carbocycles. The predicted octanol–water partition coefficient (Wildman–Crippen LogP) is 4.35. The number of nitrogens with zero attached hydrogens (tertiary/aromatic N) is 3. The van der Waals surface area contributed by atoms with Crippen molar-refractivity contribution >= 4 is 0 Å². The van der Waals surface area contributed by atoms with Gasteiger partial charge in [-0.05, 0) is 68.1 Å². The van der Waals surface area contributed by atoms with E-state index in [1.54, 1.807) is 32.4 Å². The van der Waals surface area contributed by atoms with Crippen LogP contribution in [0.4, 0.5) is 4.39 Å². The molecule has 6 nitrogen and oxygen atoms in total. The summed E-state index contributed by atoms with van der Waals surface area (Å²) in [5.74, 6) is 2.85. The number of methoxy groups -OCH3 is 2. The van der Waals surface area contributed by atoms with Crippen molar-refractivity contribution in [2.45, 2.75) is 25.8 Å². The molecule has 0 unspecified atom stereocenters. The second kappa shape index (κ2) is 9.26. The molecule has 1 aromatic heterocycles. The number of rotatable bonds is 7. The van der Waals surface area contributed by atoms with E-state index >= 15 is 0 Å². The van der Waals surface area contributed by atoms with Crippen molar-refractivity contribution < 1.29 is 18.4 Å². The molecule has 30 heavy (non-hydrogen) atoms. The number of piperidine rings is 1. The summed E-state index contributed by atoms with van der Waals surface area (Å²) in [5.41, 5.74) is 1.84. The monoisotopic (exact) mass is 411 g/mol. The van der Waals surface area contributed by atoms with Gasteiger partial charge < -0.3 is 14.0 Å². The third-order valence-electron chi connectivity index (χ3n) is 5.60. The maximum absolute atomic E-state index is 13.4. The summed E-state index contributed by atoms with van der Waals surface area (Å²) in [6.45, 7) is 2.55. The van der Waals surface area contributed by atoms with Crippen molar-refractivity contribution in [2.75, 3.05) is 27.3 Å². The zero-order chi connectivity index (χ0) is 20.9. The topological polar surface area (TPSA) is 60.6 Å². The van der Waals surface area contributed by atoms with Crippen LogP contribution < -0.4 is 9.47 Å². The highest BCUT2D eigenvalue weighted by molar-refractivity contribution is 5.65. The van der Waals surface area contributed by atoms with Gasteiger partial charge in [-0.3, -0.25) is 4.90 Å². The second-order valence-corrected chi connectivity index (χ2v) is 7.63. The first kappa shape index (κ1) is 20.3. The summed E-state index contributed by atoms with van der Waals surface area (Å²) >= 11 is 0. The summed E-state index contributed by atoms with van der Waals surface area (Å²) in [6.07, 6.45) is 3.07. The summed E-state index contributed by atoms with van der Waals surface area (Å²) in [4.78, 5) is 6.88. The number of likely N-dealkylation sites (tertiary alicyclic amines) is 1. The van der Waals surface area contributed by atoms with E-state index in [-0.39, 0.29) is 5.82 Å². The maximum Gasteiger partial charge on any atom is 0.241 e. The molecule has 0 bridgehead atoms. The second-order valence-electron chi connectivity index (χ2n) is 7.63. The van der Waals surface area contributed by atoms with Crippen LogP contribution in [0.25, 0.3) is 11.4 Å². The van der Waals surface area contributed by atoms with Gasteiger partial charge in [-0.1, -0.05) is 17.3 Å². The summed E-state index contributed by atoms with van der Waals surface area (Å²) in [7, 11) is 3.22. The van der Waals surface area contributed by atoms with Crippen LogP contribution in [-0.2, 0) is 13.0 Å². The Morgan fingerprint density at radius 1 is 1.10 bits per heavy atom. The van der Waals surface area contributed by atoms with Crippen LogP contribution in [0.2, 0.25) is 0 Å². The largest absolute Gasteiger partial charge is 0.497 e. The van der Waals surface area contributed by atoms with Gasteiger partial charge in [-0.15, -0.1) is 0 Å². The standard InChI is InChI=1S/C23H26FN3O3/c1-28-19-6-7-20(21(14-19)29-2)23-25-22(30-26-23)15-27-10-8-16(9-11-27)12-17-4-3-5-18(24)13-17/h3-7,13-14,16H,8-12,15H2,1-2H3. The quantitative estimate of drug-likeness (QED) is 0.576. The minimum absolute atomic E-state index is 0.161. The minimum atomic E-state index is -0.161. The fourth-order valence-corrected chi connectivity index (χ4v) is 3.95. The molecule has 0 spiro atoms. The molecule has 0 amide bonds. The van der Waals surface area contributed by atoms with Crippen LogP contribution in [0, 0.1) is 11.7 Å². The molecule has 2 aromatic carbocycles. The van der Waals surface area contributed by atoms with Crippen LogP contribution in [0.15, 0.2) is 47.0 Å². The molecular formula is C23H26FN3O3. The van der Waals surface area contributed by atoms with Gasteiger partial charge in [0.2, 0.25) is 11.7 Å². The molecular weight excluding hydrogens is 385 g/mol. The van der Waals surface area contributed by atoms with Crippen LogP contribution in [0.1, 0.15) is 24.3 Å². The van der Waals surface area contributed by atoms with Gasteiger partial charge in [0, 0.05) is 6.07 Å². The van der Waals surface area contributed by atoms with E-state index in [4.69, 9.17) is 14.0 Å². The lowest BCUT2D eigenvalue weighted by atomic mass is 9.90. The molecule has 4 rings (SSSR count). The number of aromatic nitrogens is 2. The average molecular weight is 411 g/mol. The molecule has 0 N–H and O–H groups in total. The molecule has 0 radical (unpaired) electrons. The van der Waals surface area contributed by atoms with E-state index in [0.29, 0.717) is 35.7 Å². The molecule has 1 aliphatic rings. The lowest BCUT2D eigenvalue weighted by Crippen LogP contribution is -2.34. The highest BCUT2D eigenvalue weighted by Crippen LogP contribution is 2.32. The average Bonchev–Trinajstić information content (AvgIpc) is 3.23. The Morgan fingerprint density at radius 2 is 1.93 bits per heavy atom. The van der Waals surface area contributed by atoms with Crippen molar-refractivity contribution in [3.63, 3.8) is 0 Å². The Morgan fingerprint density at radius 3 is 2.67 bits per heavy atom. The van der Waals surface area contributed by atoms with Crippen molar-refractivity contribution in [2.24, 2.45) is 5.92 Å². The molecule has 1 saturated heterocycles. The van der Waals surface area contributed by atoms with Gasteiger partial charge in [-0.25, -0.2) is 4.39 Å². The van der Waals surface area contributed by atoms with Gasteiger partial charge in [0.05, 0.1) is 26.3 Å². The fraction of sp³-hybridized carbons (Fsp3) is 0.391. The molecule has 1 aliphatic heterocycles. The third kappa shape index (κ3) is 4.79. The molecule has 2 heterocycles. The molecule has 7 heteroatoms. The Hall–Kier alpha value is -2.93.